The van der Waals surface area contributed by atoms with E-state index < -0.39 is 4.92 Å². The van der Waals surface area contributed by atoms with E-state index in [1.807, 2.05) is 6.92 Å². The number of hydrogen-bond acceptors (Lipinski definition) is 4. The van der Waals surface area contributed by atoms with Crippen LogP contribution in [0.4, 0.5) is 5.69 Å². The summed E-state index contributed by atoms with van der Waals surface area (Å²) in [6.07, 6.45) is 3.26. The van der Waals surface area contributed by atoms with Gasteiger partial charge in [-0.15, -0.1) is 0 Å². The molecule has 0 aliphatic heterocycles. The number of nitrogens with one attached hydrogen (secondary N) is 1. The number of aryl methyl sites for hydroxylation is 1. The molecule has 19 heavy (non-hydrogen) atoms. The van der Waals surface area contributed by atoms with Gasteiger partial charge in [0.25, 0.3) is 5.69 Å². The summed E-state index contributed by atoms with van der Waals surface area (Å²) in [4.78, 5) is 10.4. The van der Waals surface area contributed by atoms with E-state index in [9.17, 15) is 10.1 Å². The Hall–Kier alpha value is -1.62. The minimum absolute atomic E-state index is 0.0839. The van der Waals surface area contributed by atoms with Crippen LogP contribution in [0.15, 0.2) is 18.2 Å². The first-order valence-electron chi connectivity index (χ1n) is 6.75. The van der Waals surface area contributed by atoms with Crippen molar-refractivity contribution in [1.29, 1.82) is 0 Å². The van der Waals surface area contributed by atoms with Crippen LogP contribution in [0.5, 0.6) is 5.75 Å². The summed E-state index contributed by atoms with van der Waals surface area (Å²) < 4.78 is 5.84. The third-order valence-electron chi connectivity index (χ3n) is 3.45. The Bertz CT molecular complexity index is 456. The molecule has 0 amide bonds. The predicted molar refractivity (Wildman–Crippen MR) is 73.6 cm³/mol. The Morgan fingerprint density at radius 2 is 2.21 bits per heavy atom. The standard InChI is InChI=1S/C14H20N2O3/c1-3-6-15-11-7-13(8-11)19-14-9-12(16(17)18)5-4-10(14)2/h4-5,9,11,13,15H,3,6-8H2,1-2H3. The maximum atomic E-state index is 10.7. The van der Waals surface area contributed by atoms with Gasteiger partial charge in [0.15, 0.2) is 0 Å². The molecular formula is C14H20N2O3. The van der Waals surface area contributed by atoms with Gasteiger partial charge in [-0.05, 0) is 44.4 Å². The Morgan fingerprint density at radius 1 is 1.47 bits per heavy atom. The molecule has 5 heteroatoms. The van der Waals surface area contributed by atoms with Crippen LogP contribution in [0.2, 0.25) is 0 Å². The molecule has 1 aliphatic rings. The van der Waals surface area contributed by atoms with E-state index in [1.165, 1.54) is 12.1 Å². The molecule has 1 N–H and O–H groups in total. The molecule has 104 valence electrons. The van der Waals surface area contributed by atoms with Gasteiger partial charge in [0.05, 0.1) is 11.0 Å². The predicted octanol–water partition coefficient (Wildman–Crippen LogP) is 2.81. The van der Waals surface area contributed by atoms with Crippen molar-refractivity contribution < 1.29 is 9.66 Å². The lowest BCUT2D eigenvalue weighted by molar-refractivity contribution is -0.385. The number of nitrogens with zero attached hydrogens (tertiary/aromatic N) is 1. The highest BCUT2D eigenvalue weighted by molar-refractivity contribution is 5.43. The highest BCUT2D eigenvalue weighted by Crippen LogP contribution is 2.30. The molecule has 2 rings (SSSR count). The van der Waals surface area contributed by atoms with Crippen molar-refractivity contribution in [3.63, 3.8) is 0 Å². The summed E-state index contributed by atoms with van der Waals surface area (Å²) >= 11 is 0. The lowest BCUT2D eigenvalue weighted by atomic mass is 9.89. The topological polar surface area (TPSA) is 64.4 Å². The van der Waals surface area contributed by atoms with Crippen LogP contribution in [0.3, 0.4) is 0 Å². The number of ether oxygens (including phenoxy) is 1. The zero-order valence-electron chi connectivity index (χ0n) is 11.4. The van der Waals surface area contributed by atoms with Gasteiger partial charge in [0, 0.05) is 12.1 Å². The second-order valence-electron chi connectivity index (χ2n) is 5.07. The largest absolute Gasteiger partial charge is 0.490 e. The molecule has 0 radical (unpaired) electrons. The van der Waals surface area contributed by atoms with E-state index >= 15 is 0 Å². The fraction of sp³-hybridized carbons (Fsp3) is 0.571. The van der Waals surface area contributed by atoms with Crippen molar-refractivity contribution in [3.05, 3.63) is 33.9 Å². The molecule has 5 nitrogen and oxygen atoms in total. The molecular weight excluding hydrogens is 244 g/mol. The Morgan fingerprint density at radius 3 is 2.84 bits per heavy atom. The third kappa shape index (κ3) is 3.44. The van der Waals surface area contributed by atoms with Gasteiger partial charge in [-0.1, -0.05) is 6.92 Å². The van der Waals surface area contributed by atoms with Gasteiger partial charge in [-0.25, -0.2) is 0 Å². The lowest BCUT2D eigenvalue weighted by Crippen LogP contribution is -2.47. The van der Waals surface area contributed by atoms with Crippen molar-refractivity contribution in [3.8, 4) is 5.75 Å². The maximum Gasteiger partial charge on any atom is 0.273 e. The molecule has 0 heterocycles. The molecule has 1 aromatic carbocycles. The van der Waals surface area contributed by atoms with Crippen LogP contribution in [0.1, 0.15) is 31.7 Å². The Labute approximate surface area is 113 Å². The van der Waals surface area contributed by atoms with Crippen LogP contribution in [-0.4, -0.2) is 23.6 Å². The Balaban J connectivity index is 1.90. The smallest absolute Gasteiger partial charge is 0.273 e. The molecule has 1 aliphatic carbocycles. The molecule has 1 fully saturated rings. The highest BCUT2D eigenvalue weighted by Gasteiger charge is 2.30. The van der Waals surface area contributed by atoms with Crippen LogP contribution in [-0.2, 0) is 0 Å². The third-order valence-corrected chi connectivity index (χ3v) is 3.45. The molecule has 1 saturated carbocycles. The lowest BCUT2D eigenvalue weighted by Gasteiger charge is -2.36. The first-order chi connectivity index (χ1) is 9.10. The van der Waals surface area contributed by atoms with Gasteiger partial charge in [0.2, 0.25) is 0 Å². The van der Waals surface area contributed by atoms with Gasteiger partial charge in [-0.2, -0.15) is 0 Å². The molecule has 0 saturated heterocycles. The summed E-state index contributed by atoms with van der Waals surface area (Å²) in [5, 5.41) is 14.2. The van der Waals surface area contributed by atoms with Crippen molar-refractivity contribution >= 4 is 5.69 Å². The van der Waals surface area contributed by atoms with Gasteiger partial charge in [-0.3, -0.25) is 10.1 Å². The van der Waals surface area contributed by atoms with Crippen molar-refractivity contribution in [2.24, 2.45) is 0 Å². The second-order valence-corrected chi connectivity index (χ2v) is 5.07. The average Bonchev–Trinajstić information content (AvgIpc) is 2.33. The highest BCUT2D eigenvalue weighted by atomic mass is 16.6. The summed E-state index contributed by atoms with van der Waals surface area (Å²) in [6, 6.07) is 5.29. The zero-order valence-corrected chi connectivity index (χ0v) is 11.4. The number of benzene rings is 1. The second kappa shape index (κ2) is 6.02. The van der Waals surface area contributed by atoms with E-state index in [4.69, 9.17) is 4.74 Å². The zero-order chi connectivity index (χ0) is 13.8. The Kier molecular flexibility index (Phi) is 4.37. The molecule has 0 aromatic heterocycles. The van der Waals surface area contributed by atoms with E-state index in [2.05, 4.69) is 12.2 Å². The van der Waals surface area contributed by atoms with Gasteiger partial charge in [0.1, 0.15) is 11.9 Å². The SMILES string of the molecule is CCCNC1CC(Oc2cc([N+](=O)[O-])ccc2C)C1. The summed E-state index contributed by atoms with van der Waals surface area (Å²) in [6.45, 7) is 5.09. The molecule has 1 aromatic rings. The summed E-state index contributed by atoms with van der Waals surface area (Å²) in [5.41, 5.74) is 1.02. The minimum atomic E-state index is -0.390. The normalized spacial score (nSPS) is 21.8. The number of hydrogen-bond donors (Lipinski definition) is 1. The first kappa shape index (κ1) is 13.8. The quantitative estimate of drug-likeness (QED) is 0.634. The van der Waals surface area contributed by atoms with Gasteiger partial charge < -0.3 is 10.1 Å². The molecule has 0 unspecified atom stereocenters. The monoisotopic (exact) mass is 264 g/mol. The van der Waals surface area contributed by atoms with Crippen LogP contribution >= 0.6 is 0 Å². The number of nitro groups is 1. The number of non-ortho nitro benzene ring substituents is 1. The first-order valence-corrected chi connectivity index (χ1v) is 6.75. The summed E-state index contributed by atoms with van der Waals surface area (Å²) in [5.74, 6) is 0.633. The molecule has 0 atom stereocenters. The van der Waals surface area contributed by atoms with E-state index in [-0.39, 0.29) is 11.8 Å². The van der Waals surface area contributed by atoms with Crippen molar-refractivity contribution in [2.75, 3.05) is 6.54 Å². The van der Waals surface area contributed by atoms with E-state index in [0.29, 0.717) is 11.8 Å². The summed E-state index contributed by atoms with van der Waals surface area (Å²) in [7, 11) is 0. The number of rotatable bonds is 6. The van der Waals surface area contributed by atoms with Crippen LogP contribution in [0, 0.1) is 17.0 Å². The number of nitro benzene ring substituents is 1. The van der Waals surface area contributed by atoms with Crippen LogP contribution < -0.4 is 10.1 Å². The molecule has 0 spiro atoms. The van der Waals surface area contributed by atoms with Crippen LogP contribution in [0.25, 0.3) is 0 Å². The minimum Gasteiger partial charge on any atom is -0.490 e. The maximum absolute atomic E-state index is 10.7. The van der Waals surface area contributed by atoms with Crippen molar-refractivity contribution in [2.45, 2.75) is 45.3 Å². The van der Waals surface area contributed by atoms with Gasteiger partial charge >= 0.3 is 0 Å². The van der Waals surface area contributed by atoms with E-state index in [1.54, 1.807) is 6.07 Å². The average molecular weight is 264 g/mol. The fourth-order valence-electron chi connectivity index (χ4n) is 2.19. The fourth-order valence-corrected chi connectivity index (χ4v) is 2.19. The molecule has 0 bridgehead atoms. The van der Waals surface area contributed by atoms with E-state index in [0.717, 1.165) is 31.4 Å². The van der Waals surface area contributed by atoms with Crippen molar-refractivity contribution in [1.82, 2.24) is 5.32 Å².